The minimum Gasteiger partial charge on any atom is -0.335 e. The monoisotopic (exact) mass is 413 g/mol. The van der Waals surface area contributed by atoms with Gasteiger partial charge in [-0.2, -0.15) is 0 Å². The van der Waals surface area contributed by atoms with E-state index >= 15 is 0 Å². The number of hydrogen-bond acceptors (Lipinski definition) is 5. The summed E-state index contributed by atoms with van der Waals surface area (Å²) >= 11 is 6.03. The number of carbonyl (C=O) groups is 2. The molecule has 7 nitrogen and oxygen atoms in total. The maximum absolute atomic E-state index is 12.8. The lowest BCUT2D eigenvalue weighted by atomic mass is 10.2. The lowest BCUT2D eigenvalue weighted by molar-refractivity contribution is -0.134. The summed E-state index contributed by atoms with van der Waals surface area (Å²) in [5, 5.41) is 3.18. The van der Waals surface area contributed by atoms with E-state index in [-0.39, 0.29) is 48.5 Å². The molecule has 9 heteroatoms. The predicted molar refractivity (Wildman–Crippen MR) is 105 cm³/mol. The van der Waals surface area contributed by atoms with E-state index in [9.17, 15) is 18.0 Å². The van der Waals surface area contributed by atoms with Crippen molar-refractivity contribution in [3.05, 3.63) is 29.3 Å². The molecule has 1 saturated carbocycles. The molecule has 3 rings (SSSR count). The molecule has 1 atom stereocenters. The summed E-state index contributed by atoms with van der Waals surface area (Å²) in [6, 6.07) is 6.85. The first-order chi connectivity index (χ1) is 12.7. The van der Waals surface area contributed by atoms with Crippen LogP contribution >= 0.6 is 11.6 Å². The summed E-state index contributed by atoms with van der Waals surface area (Å²) in [5.41, 5.74) is 0.527. The first-order valence-electron chi connectivity index (χ1n) is 9.00. The van der Waals surface area contributed by atoms with Crippen LogP contribution in [0, 0.1) is 0 Å². The Morgan fingerprint density at radius 2 is 1.85 bits per heavy atom. The first kappa shape index (κ1) is 20.1. The van der Waals surface area contributed by atoms with Gasteiger partial charge in [0.15, 0.2) is 9.84 Å². The highest BCUT2D eigenvalue weighted by molar-refractivity contribution is 7.91. The molecule has 0 unspecified atom stereocenters. The number of benzene rings is 1. The fourth-order valence-electron chi connectivity index (χ4n) is 3.42. The molecular weight excluding hydrogens is 390 g/mol. The summed E-state index contributed by atoms with van der Waals surface area (Å²) in [5.74, 6) is -0.191. The molecule has 2 amide bonds. The first-order valence-corrected chi connectivity index (χ1v) is 11.2. The normalized spacial score (nSPS) is 21.2. The van der Waals surface area contributed by atoms with Crippen LogP contribution in [0.25, 0.3) is 0 Å². The van der Waals surface area contributed by atoms with Crippen LogP contribution in [0.1, 0.15) is 19.3 Å². The van der Waals surface area contributed by atoms with E-state index < -0.39 is 9.84 Å². The van der Waals surface area contributed by atoms with Gasteiger partial charge in [-0.05, 0) is 38.4 Å². The minimum absolute atomic E-state index is 0.0401. The molecule has 1 heterocycles. The van der Waals surface area contributed by atoms with Crippen LogP contribution in [-0.4, -0.2) is 73.8 Å². The molecule has 2 fully saturated rings. The number of para-hydroxylation sites is 1. The molecule has 148 valence electrons. The summed E-state index contributed by atoms with van der Waals surface area (Å²) in [6.45, 7) is 0.113. The molecule has 0 spiro atoms. The highest BCUT2D eigenvalue weighted by atomic mass is 35.5. The fourth-order valence-corrected chi connectivity index (χ4v) is 5.31. The molecule has 0 bridgehead atoms. The Bertz CT molecular complexity index is 826. The fraction of sp³-hybridized carbons (Fsp3) is 0.556. The largest absolute Gasteiger partial charge is 0.335 e. The number of anilines is 1. The Kier molecular flexibility index (Phi) is 6.08. The molecule has 27 heavy (non-hydrogen) atoms. The van der Waals surface area contributed by atoms with E-state index in [0.29, 0.717) is 17.1 Å². The zero-order valence-electron chi connectivity index (χ0n) is 15.2. The lowest BCUT2D eigenvalue weighted by Gasteiger charge is -2.30. The highest BCUT2D eigenvalue weighted by Gasteiger charge is 2.42. The van der Waals surface area contributed by atoms with Crippen LogP contribution in [0.5, 0.6) is 0 Å². The quantitative estimate of drug-likeness (QED) is 0.729. The number of nitrogens with one attached hydrogen (secondary N) is 1. The third-order valence-corrected chi connectivity index (χ3v) is 6.88. The summed E-state index contributed by atoms with van der Waals surface area (Å²) < 4.78 is 23.5. The molecule has 0 radical (unpaired) electrons. The van der Waals surface area contributed by atoms with Crippen molar-refractivity contribution in [3.8, 4) is 0 Å². The Balaban J connectivity index is 1.54. The molecule has 1 saturated heterocycles. The SMILES string of the molecule is CN(CC(=O)Nc1ccccc1Cl)CC(=O)N(C1CC1)[C@H]1CCS(=O)(=O)C1. The number of halogens is 1. The molecular formula is C18H24ClN3O4S. The van der Waals surface area contributed by atoms with Gasteiger partial charge < -0.3 is 10.2 Å². The van der Waals surface area contributed by atoms with Gasteiger partial charge in [-0.25, -0.2) is 8.42 Å². The van der Waals surface area contributed by atoms with Gasteiger partial charge in [0.05, 0.1) is 35.3 Å². The van der Waals surface area contributed by atoms with Crippen LogP contribution < -0.4 is 5.32 Å². The van der Waals surface area contributed by atoms with Gasteiger partial charge in [-0.3, -0.25) is 14.5 Å². The van der Waals surface area contributed by atoms with E-state index in [1.807, 2.05) is 0 Å². The van der Waals surface area contributed by atoms with Gasteiger partial charge in [0.2, 0.25) is 11.8 Å². The van der Waals surface area contributed by atoms with Crippen molar-refractivity contribution in [3.63, 3.8) is 0 Å². The second-order valence-electron chi connectivity index (χ2n) is 7.29. The van der Waals surface area contributed by atoms with Crippen LogP contribution in [0.2, 0.25) is 5.02 Å². The van der Waals surface area contributed by atoms with Crippen LogP contribution in [0.4, 0.5) is 5.69 Å². The Morgan fingerprint density at radius 1 is 1.15 bits per heavy atom. The van der Waals surface area contributed by atoms with Crippen LogP contribution in [0.3, 0.4) is 0 Å². The van der Waals surface area contributed by atoms with E-state index in [0.717, 1.165) is 12.8 Å². The molecule has 2 aliphatic rings. The van der Waals surface area contributed by atoms with Crippen molar-refractivity contribution in [1.29, 1.82) is 0 Å². The standard InChI is InChI=1S/C18H24ClN3O4S/c1-21(10-17(23)20-16-5-3-2-4-15(16)19)11-18(24)22(13-6-7-13)14-8-9-27(25,26)12-14/h2-5,13-14H,6-12H2,1H3,(H,20,23)/t14-/m0/s1. The zero-order chi connectivity index (χ0) is 19.6. The molecule has 1 aromatic rings. The van der Waals surface area contributed by atoms with Crippen LogP contribution in [0.15, 0.2) is 24.3 Å². The van der Waals surface area contributed by atoms with Crippen molar-refractivity contribution in [2.75, 3.05) is 37.0 Å². The van der Waals surface area contributed by atoms with Crippen molar-refractivity contribution >= 4 is 38.9 Å². The number of rotatable bonds is 7. The number of carbonyl (C=O) groups excluding carboxylic acids is 2. The van der Waals surface area contributed by atoms with Crippen molar-refractivity contribution < 1.29 is 18.0 Å². The van der Waals surface area contributed by atoms with Gasteiger partial charge in [0, 0.05) is 12.1 Å². The average Bonchev–Trinajstić information content (AvgIpc) is 3.33. The number of sulfone groups is 1. The molecule has 1 N–H and O–H groups in total. The van der Waals surface area contributed by atoms with Gasteiger partial charge in [-0.1, -0.05) is 23.7 Å². The summed E-state index contributed by atoms with van der Waals surface area (Å²) in [4.78, 5) is 28.3. The van der Waals surface area contributed by atoms with Gasteiger partial charge in [0.1, 0.15) is 0 Å². The molecule has 1 aliphatic heterocycles. The van der Waals surface area contributed by atoms with E-state index in [1.165, 1.54) is 0 Å². The third kappa shape index (κ3) is 5.43. The third-order valence-electron chi connectivity index (χ3n) is 4.80. The second-order valence-corrected chi connectivity index (χ2v) is 9.93. The van der Waals surface area contributed by atoms with E-state index in [4.69, 9.17) is 11.6 Å². The average molecular weight is 414 g/mol. The number of nitrogens with zero attached hydrogens (tertiary/aromatic N) is 2. The summed E-state index contributed by atoms with van der Waals surface area (Å²) in [6.07, 6.45) is 2.33. The highest BCUT2D eigenvalue weighted by Crippen LogP contribution is 2.32. The number of hydrogen-bond donors (Lipinski definition) is 1. The topological polar surface area (TPSA) is 86.8 Å². The lowest BCUT2D eigenvalue weighted by Crippen LogP contribution is -2.47. The number of amides is 2. The molecule has 1 aliphatic carbocycles. The Hall–Kier alpha value is -1.64. The number of likely N-dealkylation sites (N-methyl/N-ethyl adjacent to an activating group) is 1. The van der Waals surface area contributed by atoms with Crippen molar-refractivity contribution in [2.45, 2.75) is 31.3 Å². The van der Waals surface area contributed by atoms with Gasteiger partial charge in [0.25, 0.3) is 0 Å². The smallest absolute Gasteiger partial charge is 0.238 e. The minimum atomic E-state index is -3.05. The maximum Gasteiger partial charge on any atom is 0.238 e. The van der Waals surface area contributed by atoms with E-state index in [2.05, 4.69) is 5.32 Å². The van der Waals surface area contributed by atoms with E-state index in [1.54, 1.807) is 41.1 Å². The predicted octanol–water partition coefficient (Wildman–Crippen LogP) is 1.39. The maximum atomic E-state index is 12.8. The van der Waals surface area contributed by atoms with Crippen molar-refractivity contribution in [1.82, 2.24) is 9.80 Å². The summed E-state index contributed by atoms with van der Waals surface area (Å²) in [7, 11) is -1.36. The molecule has 1 aromatic carbocycles. The van der Waals surface area contributed by atoms with Crippen LogP contribution in [-0.2, 0) is 19.4 Å². The molecule has 0 aromatic heterocycles. The van der Waals surface area contributed by atoms with Gasteiger partial charge >= 0.3 is 0 Å². The van der Waals surface area contributed by atoms with Crippen molar-refractivity contribution in [2.24, 2.45) is 0 Å². The second kappa shape index (κ2) is 8.16. The zero-order valence-corrected chi connectivity index (χ0v) is 16.8. The Morgan fingerprint density at radius 3 is 2.44 bits per heavy atom. The Labute approximate surface area is 164 Å². The van der Waals surface area contributed by atoms with Gasteiger partial charge in [-0.15, -0.1) is 0 Å².